The van der Waals surface area contributed by atoms with Gasteiger partial charge in [0.15, 0.2) is 5.78 Å². The average Bonchev–Trinajstić information content (AvgIpc) is 2.37. The third-order valence-corrected chi connectivity index (χ3v) is 3.53. The predicted molar refractivity (Wildman–Crippen MR) is 43.7 cm³/mol. The largest absolute Gasteiger partial charge is 0.378 e. The van der Waals surface area contributed by atoms with Crippen molar-refractivity contribution in [2.24, 2.45) is 5.41 Å². The van der Waals surface area contributed by atoms with Crippen molar-refractivity contribution in [1.29, 1.82) is 0 Å². The van der Waals surface area contributed by atoms with Gasteiger partial charge in [-0.1, -0.05) is 5.57 Å². The molecular formula is C10H12O2. The first-order chi connectivity index (χ1) is 5.78. The van der Waals surface area contributed by atoms with Crippen LogP contribution in [-0.4, -0.2) is 18.5 Å². The van der Waals surface area contributed by atoms with Gasteiger partial charge >= 0.3 is 0 Å². The molecule has 3 aliphatic rings. The van der Waals surface area contributed by atoms with E-state index in [4.69, 9.17) is 4.74 Å². The first-order valence-corrected chi connectivity index (χ1v) is 4.64. The lowest BCUT2D eigenvalue weighted by Gasteiger charge is -2.30. The summed E-state index contributed by atoms with van der Waals surface area (Å²) < 4.78 is 5.58. The number of carbonyl (C=O) groups is 1. The normalized spacial score (nSPS) is 44.5. The van der Waals surface area contributed by atoms with Gasteiger partial charge in [-0.05, 0) is 25.3 Å². The molecule has 2 heteroatoms. The molecule has 3 rings (SSSR count). The molecule has 2 atom stereocenters. The second-order valence-corrected chi connectivity index (χ2v) is 4.24. The second-order valence-electron chi connectivity index (χ2n) is 4.24. The molecular weight excluding hydrogens is 152 g/mol. The molecule has 2 nitrogen and oxygen atoms in total. The summed E-state index contributed by atoms with van der Waals surface area (Å²) in [6.07, 6.45) is 6.26. The summed E-state index contributed by atoms with van der Waals surface area (Å²) in [5, 5.41) is 0. The van der Waals surface area contributed by atoms with Crippen LogP contribution in [0.15, 0.2) is 11.6 Å². The quantitative estimate of drug-likeness (QED) is 0.541. The van der Waals surface area contributed by atoms with E-state index < -0.39 is 0 Å². The molecule has 0 N–H and O–H groups in total. The Bertz CT molecular complexity index is 280. The Hall–Kier alpha value is -0.630. The Balaban J connectivity index is 2.05. The molecule has 2 aliphatic carbocycles. The molecule has 12 heavy (non-hydrogen) atoms. The van der Waals surface area contributed by atoms with E-state index in [1.807, 2.05) is 6.08 Å². The summed E-state index contributed by atoms with van der Waals surface area (Å²) in [7, 11) is 0. The van der Waals surface area contributed by atoms with Gasteiger partial charge in [-0.3, -0.25) is 4.79 Å². The zero-order valence-electron chi connectivity index (χ0n) is 7.01. The highest BCUT2D eigenvalue weighted by atomic mass is 16.5. The molecule has 0 aromatic carbocycles. The van der Waals surface area contributed by atoms with Crippen molar-refractivity contribution in [3.05, 3.63) is 11.6 Å². The third kappa shape index (κ3) is 0.712. The van der Waals surface area contributed by atoms with Crippen LogP contribution in [0.4, 0.5) is 0 Å². The summed E-state index contributed by atoms with van der Waals surface area (Å²) in [6.45, 7) is 0.856. The van der Waals surface area contributed by atoms with Crippen molar-refractivity contribution in [3.8, 4) is 0 Å². The molecule has 1 aliphatic heterocycles. The topological polar surface area (TPSA) is 26.3 Å². The van der Waals surface area contributed by atoms with E-state index in [1.54, 1.807) is 0 Å². The van der Waals surface area contributed by atoms with E-state index in [1.165, 1.54) is 5.57 Å². The van der Waals surface area contributed by atoms with Gasteiger partial charge in [0.25, 0.3) is 0 Å². The zero-order chi connectivity index (χ0) is 8.18. The summed E-state index contributed by atoms with van der Waals surface area (Å²) in [6, 6.07) is 0. The maximum absolute atomic E-state index is 11.2. The maximum Gasteiger partial charge on any atom is 0.156 e. The highest BCUT2D eigenvalue weighted by Gasteiger charge is 2.50. The SMILES string of the molecule is O=C1C=C2CC3CC2(CCO3)C1. The minimum absolute atomic E-state index is 0.264. The van der Waals surface area contributed by atoms with Gasteiger partial charge in [0.05, 0.1) is 6.10 Å². The Labute approximate surface area is 71.6 Å². The summed E-state index contributed by atoms with van der Waals surface area (Å²) in [5.74, 6) is 0.338. The zero-order valence-corrected chi connectivity index (χ0v) is 7.01. The minimum atomic E-state index is 0.264. The lowest BCUT2D eigenvalue weighted by atomic mass is 9.79. The molecule has 0 aromatic heterocycles. The fourth-order valence-corrected chi connectivity index (χ4v) is 2.97. The highest BCUT2D eigenvalue weighted by molar-refractivity contribution is 5.94. The smallest absolute Gasteiger partial charge is 0.156 e. The number of hydrogen-bond donors (Lipinski definition) is 0. The van der Waals surface area contributed by atoms with E-state index >= 15 is 0 Å². The number of rotatable bonds is 0. The monoisotopic (exact) mass is 164 g/mol. The number of allylic oxidation sites excluding steroid dienone is 1. The van der Waals surface area contributed by atoms with Crippen molar-refractivity contribution in [2.45, 2.75) is 31.8 Å². The summed E-state index contributed by atoms with van der Waals surface area (Å²) in [4.78, 5) is 11.2. The van der Waals surface area contributed by atoms with E-state index in [0.29, 0.717) is 11.9 Å². The number of carbonyl (C=O) groups excluding carboxylic acids is 1. The lowest BCUT2D eigenvalue weighted by molar-refractivity contribution is -0.116. The van der Waals surface area contributed by atoms with Crippen LogP contribution in [0, 0.1) is 5.41 Å². The van der Waals surface area contributed by atoms with Gasteiger partial charge in [-0.25, -0.2) is 0 Å². The summed E-state index contributed by atoms with van der Waals surface area (Å²) in [5.41, 5.74) is 1.65. The molecule has 2 fully saturated rings. The molecule has 0 aromatic rings. The highest BCUT2D eigenvalue weighted by Crippen LogP contribution is 2.55. The summed E-state index contributed by atoms with van der Waals surface area (Å²) >= 11 is 0. The fraction of sp³-hybridized carbons (Fsp3) is 0.700. The van der Waals surface area contributed by atoms with Crippen molar-refractivity contribution < 1.29 is 9.53 Å². The number of hydrogen-bond acceptors (Lipinski definition) is 2. The number of fused-ring (bicyclic) bond motifs is 1. The molecule has 0 amide bonds. The van der Waals surface area contributed by atoms with Crippen LogP contribution in [0.2, 0.25) is 0 Å². The molecule has 1 saturated heterocycles. The van der Waals surface area contributed by atoms with E-state index in [2.05, 4.69) is 0 Å². The second kappa shape index (κ2) is 1.99. The van der Waals surface area contributed by atoms with Crippen LogP contribution in [0.25, 0.3) is 0 Å². The molecule has 1 spiro atoms. The Morgan fingerprint density at radius 3 is 3.42 bits per heavy atom. The van der Waals surface area contributed by atoms with Crippen molar-refractivity contribution >= 4 is 5.78 Å². The van der Waals surface area contributed by atoms with Crippen molar-refractivity contribution in [3.63, 3.8) is 0 Å². The fourth-order valence-electron chi connectivity index (χ4n) is 2.97. The van der Waals surface area contributed by atoms with Gasteiger partial charge in [-0.2, -0.15) is 0 Å². The molecule has 2 bridgehead atoms. The molecule has 2 unspecified atom stereocenters. The lowest BCUT2D eigenvalue weighted by Crippen LogP contribution is -2.27. The van der Waals surface area contributed by atoms with Crippen LogP contribution >= 0.6 is 0 Å². The third-order valence-electron chi connectivity index (χ3n) is 3.53. The van der Waals surface area contributed by atoms with Gasteiger partial charge in [0.2, 0.25) is 0 Å². The van der Waals surface area contributed by atoms with Crippen LogP contribution < -0.4 is 0 Å². The van der Waals surface area contributed by atoms with Crippen molar-refractivity contribution in [2.75, 3.05) is 6.61 Å². The van der Waals surface area contributed by atoms with Crippen LogP contribution in [0.5, 0.6) is 0 Å². The van der Waals surface area contributed by atoms with E-state index in [9.17, 15) is 4.79 Å². The van der Waals surface area contributed by atoms with E-state index in [-0.39, 0.29) is 5.41 Å². The van der Waals surface area contributed by atoms with Gasteiger partial charge in [0, 0.05) is 18.4 Å². The molecule has 0 radical (unpaired) electrons. The van der Waals surface area contributed by atoms with Gasteiger partial charge in [-0.15, -0.1) is 0 Å². The van der Waals surface area contributed by atoms with Crippen LogP contribution in [0.1, 0.15) is 25.7 Å². The van der Waals surface area contributed by atoms with Crippen LogP contribution in [0.3, 0.4) is 0 Å². The van der Waals surface area contributed by atoms with Crippen LogP contribution in [-0.2, 0) is 9.53 Å². The molecule has 1 heterocycles. The standard InChI is InChI=1S/C10H12O2/c11-8-3-7-4-9-6-10(7,5-8)1-2-12-9/h3,9H,1-2,4-6H2. The maximum atomic E-state index is 11.2. The number of ether oxygens (including phenoxy) is 1. The first-order valence-electron chi connectivity index (χ1n) is 4.64. The predicted octanol–water partition coefficient (Wildman–Crippen LogP) is 1.45. The van der Waals surface area contributed by atoms with Crippen molar-refractivity contribution in [1.82, 2.24) is 0 Å². The first kappa shape index (κ1) is 6.84. The Kier molecular flexibility index (Phi) is 1.14. The Morgan fingerprint density at radius 2 is 2.50 bits per heavy atom. The number of ketones is 1. The average molecular weight is 164 g/mol. The molecule has 64 valence electrons. The van der Waals surface area contributed by atoms with Gasteiger partial charge < -0.3 is 4.74 Å². The molecule has 1 saturated carbocycles. The minimum Gasteiger partial charge on any atom is -0.378 e. The van der Waals surface area contributed by atoms with E-state index in [0.717, 1.165) is 32.3 Å². The Morgan fingerprint density at radius 1 is 1.58 bits per heavy atom. The van der Waals surface area contributed by atoms with Gasteiger partial charge in [0.1, 0.15) is 0 Å².